The predicted octanol–water partition coefficient (Wildman–Crippen LogP) is 6.08. The Labute approximate surface area is 110 Å². The summed E-state index contributed by atoms with van der Waals surface area (Å²) >= 11 is 0. The van der Waals surface area contributed by atoms with Crippen LogP contribution in [0.1, 0.15) is 74.1 Å². The van der Waals surface area contributed by atoms with E-state index in [0.29, 0.717) is 11.3 Å². The third-order valence-corrected chi connectivity index (χ3v) is 5.21. The molecule has 0 radical (unpaired) electrons. The molecular formula is C17H34. The Balaban J connectivity index is 4.74. The van der Waals surface area contributed by atoms with Crippen LogP contribution in [0.4, 0.5) is 0 Å². The van der Waals surface area contributed by atoms with Crippen molar-refractivity contribution < 1.29 is 0 Å². The Morgan fingerprint density at radius 2 is 1.65 bits per heavy atom. The molecular weight excluding hydrogens is 204 g/mol. The second kappa shape index (κ2) is 7.24. The zero-order chi connectivity index (χ0) is 13.6. The van der Waals surface area contributed by atoms with Crippen molar-refractivity contribution in [2.24, 2.45) is 23.2 Å². The number of allylic oxidation sites excluding steroid dienone is 1. The van der Waals surface area contributed by atoms with Crippen molar-refractivity contribution in [1.82, 2.24) is 0 Å². The molecule has 0 N–H and O–H groups in total. The number of hydrogen-bond donors (Lipinski definition) is 0. The van der Waals surface area contributed by atoms with Crippen LogP contribution in [0, 0.1) is 23.2 Å². The van der Waals surface area contributed by atoms with Gasteiger partial charge in [-0.05, 0) is 36.5 Å². The standard InChI is InChI=1S/C17H34/c1-9-10-11-12-17(8,14(4)5)16(7)15(6)13(2)3/h14-16H,2,9-12H2,1,3-8H3. The van der Waals surface area contributed by atoms with E-state index in [-0.39, 0.29) is 0 Å². The van der Waals surface area contributed by atoms with Crippen LogP contribution in [-0.2, 0) is 0 Å². The molecule has 0 nitrogen and oxygen atoms in total. The maximum atomic E-state index is 4.15. The summed E-state index contributed by atoms with van der Waals surface area (Å²) in [4.78, 5) is 0. The molecule has 0 aromatic heterocycles. The van der Waals surface area contributed by atoms with E-state index in [0.717, 1.165) is 11.8 Å². The summed E-state index contributed by atoms with van der Waals surface area (Å²) in [5.41, 5.74) is 1.79. The van der Waals surface area contributed by atoms with Crippen LogP contribution in [0.15, 0.2) is 12.2 Å². The Hall–Kier alpha value is -0.260. The van der Waals surface area contributed by atoms with Crippen molar-refractivity contribution in [3.05, 3.63) is 12.2 Å². The van der Waals surface area contributed by atoms with Crippen LogP contribution in [0.25, 0.3) is 0 Å². The first-order chi connectivity index (χ1) is 7.77. The summed E-state index contributed by atoms with van der Waals surface area (Å²) in [6.07, 6.45) is 5.42. The first kappa shape index (κ1) is 16.7. The highest BCUT2D eigenvalue weighted by Crippen LogP contribution is 2.45. The van der Waals surface area contributed by atoms with Gasteiger partial charge < -0.3 is 0 Å². The monoisotopic (exact) mass is 238 g/mol. The van der Waals surface area contributed by atoms with E-state index >= 15 is 0 Å². The van der Waals surface area contributed by atoms with E-state index in [1.807, 2.05) is 0 Å². The van der Waals surface area contributed by atoms with Gasteiger partial charge in [-0.25, -0.2) is 0 Å². The summed E-state index contributed by atoms with van der Waals surface area (Å²) < 4.78 is 0. The van der Waals surface area contributed by atoms with E-state index < -0.39 is 0 Å². The highest BCUT2D eigenvalue weighted by molar-refractivity contribution is 5.00. The highest BCUT2D eigenvalue weighted by atomic mass is 14.4. The average molecular weight is 238 g/mol. The molecule has 0 fully saturated rings. The van der Waals surface area contributed by atoms with Gasteiger partial charge in [-0.2, -0.15) is 0 Å². The van der Waals surface area contributed by atoms with Gasteiger partial charge in [-0.15, -0.1) is 0 Å². The van der Waals surface area contributed by atoms with Crippen molar-refractivity contribution >= 4 is 0 Å². The van der Waals surface area contributed by atoms with E-state index in [2.05, 4.69) is 55.0 Å². The van der Waals surface area contributed by atoms with Crippen LogP contribution in [0.5, 0.6) is 0 Å². The number of unbranched alkanes of at least 4 members (excludes halogenated alkanes) is 2. The van der Waals surface area contributed by atoms with E-state index in [1.165, 1.54) is 31.3 Å². The Bertz CT molecular complexity index is 226. The van der Waals surface area contributed by atoms with Gasteiger partial charge in [0.05, 0.1) is 0 Å². The first-order valence-electron chi connectivity index (χ1n) is 7.42. The van der Waals surface area contributed by atoms with Gasteiger partial charge in [0.1, 0.15) is 0 Å². The normalized spacial score (nSPS) is 18.8. The molecule has 3 unspecified atom stereocenters. The maximum absolute atomic E-state index is 4.15. The third kappa shape index (κ3) is 4.48. The molecule has 0 heteroatoms. The lowest BCUT2D eigenvalue weighted by Gasteiger charge is -2.43. The van der Waals surface area contributed by atoms with Gasteiger partial charge in [0.25, 0.3) is 0 Å². The summed E-state index contributed by atoms with van der Waals surface area (Å²) in [6.45, 7) is 20.6. The Kier molecular flexibility index (Phi) is 7.13. The van der Waals surface area contributed by atoms with Crippen molar-refractivity contribution in [3.63, 3.8) is 0 Å². The zero-order valence-electron chi connectivity index (χ0n) is 13.3. The molecule has 0 saturated carbocycles. The fourth-order valence-electron chi connectivity index (χ4n) is 2.80. The lowest BCUT2D eigenvalue weighted by molar-refractivity contribution is 0.0803. The van der Waals surface area contributed by atoms with Gasteiger partial charge in [-0.3, -0.25) is 0 Å². The molecule has 3 atom stereocenters. The molecule has 102 valence electrons. The Morgan fingerprint density at radius 3 is 2.00 bits per heavy atom. The average Bonchev–Trinajstić information content (AvgIpc) is 2.26. The minimum absolute atomic E-state index is 0.452. The molecule has 0 amide bonds. The highest BCUT2D eigenvalue weighted by Gasteiger charge is 2.36. The van der Waals surface area contributed by atoms with Crippen molar-refractivity contribution in [1.29, 1.82) is 0 Å². The molecule has 17 heavy (non-hydrogen) atoms. The lowest BCUT2D eigenvalue weighted by atomic mass is 9.62. The SMILES string of the molecule is C=C(C)C(C)C(C)C(C)(CCCCC)C(C)C. The van der Waals surface area contributed by atoms with Crippen LogP contribution in [-0.4, -0.2) is 0 Å². The smallest absolute Gasteiger partial charge is 0.0206 e. The lowest BCUT2D eigenvalue weighted by Crippen LogP contribution is -2.35. The van der Waals surface area contributed by atoms with E-state index in [4.69, 9.17) is 0 Å². The third-order valence-electron chi connectivity index (χ3n) is 5.21. The molecule has 0 aliphatic rings. The minimum atomic E-state index is 0.452. The summed E-state index contributed by atoms with van der Waals surface area (Å²) in [5, 5.41) is 0. The van der Waals surface area contributed by atoms with Crippen molar-refractivity contribution in [2.75, 3.05) is 0 Å². The van der Waals surface area contributed by atoms with Crippen LogP contribution < -0.4 is 0 Å². The maximum Gasteiger partial charge on any atom is -0.0206 e. The second-order valence-electron chi connectivity index (χ2n) is 6.54. The fraction of sp³-hybridized carbons (Fsp3) is 0.882. The summed E-state index contributed by atoms with van der Waals surface area (Å²) in [7, 11) is 0. The molecule has 0 rings (SSSR count). The molecule has 0 aromatic carbocycles. The minimum Gasteiger partial charge on any atom is -0.0999 e. The molecule has 0 bridgehead atoms. The van der Waals surface area contributed by atoms with E-state index in [9.17, 15) is 0 Å². The molecule has 0 heterocycles. The molecule has 0 saturated heterocycles. The summed E-state index contributed by atoms with van der Waals surface area (Å²) in [6, 6.07) is 0. The van der Waals surface area contributed by atoms with Gasteiger partial charge in [0.2, 0.25) is 0 Å². The number of hydrogen-bond acceptors (Lipinski definition) is 0. The van der Waals surface area contributed by atoms with Gasteiger partial charge in [0, 0.05) is 0 Å². The van der Waals surface area contributed by atoms with Crippen molar-refractivity contribution in [2.45, 2.75) is 74.1 Å². The van der Waals surface area contributed by atoms with E-state index in [1.54, 1.807) is 0 Å². The van der Waals surface area contributed by atoms with Gasteiger partial charge in [-0.1, -0.05) is 73.0 Å². The first-order valence-corrected chi connectivity index (χ1v) is 7.42. The summed E-state index contributed by atoms with van der Waals surface area (Å²) in [5.74, 6) is 2.09. The Morgan fingerprint density at radius 1 is 1.12 bits per heavy atom. The second-order valence-corrected chi connectivity index (χ2v) is 6.54. The molecule has 0 spiro atoms. The molecule has 0 aliphatic heterocycles. The quantitative estimate of drug-likeness (QED) is 0.355. The molecule has 0 aromatic rings. The predicted molar refractivity (Wildman–Crippen MR) is 80.2 cm³/mol. The van der Waals surface area contributed by atoms with Crippen LogP contribution in [0.2, 0.25) is 0 Å². The van der Waals surface area contributed by atoms with Crippen LogP contribution >= 0.6 is 0 Å². The number of rotatable bonds is 8. The van der Waals surface area contributed by atoms with Gasteiger partial charge in [0.15, 0.2) is 0 Å². The fourth-order valence-corrected chi connectivity index (χ4v) is 2.80. The van der Waals surface area contributed by atoms with Gasteiger partial charge >= 0.3 is 0 Å². The largest absolute Gasteiger partial charge is 0.0999 e. The van der Waals surface area contributed by atoms with Crippen molar-refractivity contribution in [3.8, 4) is 0 Å². The topological polar surface area (TPSA) is 0 Å². The zero-order valence-corrected chi connectivity index (χ0v) is 13.3. The van der Waals surface area contributed by atoms with Crippen LogP contribution in [0.3, 0.4) is 0 Å². The molecule has 0 aliphatic carbocycles.